The second-order valence-electron chi connectivity index (χ2n) is 4.55. The molecule has 5 nitrogen and oxygen atoms in total. The normalized spacial score (nSPS) is 18.7. The van der Waals surface area contributed by atoms with Gasteiger partial charge in [0, 0.05) is 11.8 Å². The molecule has 1 aromatic heterocycles. The Kier molecular flexibility index (Phi) is 4.79. The van der Waals surface area contributed by atoms with E-state index in [1.54, 1.807) is 11.8 Å². The van der Waals surface area contributed by atoms with Crippen molar-refractivity contribution in [1.82, 2.24) is 25.5 Å². The summed E-state index contributed by atoms with van der Waals surface area (Å²) >= 11 is 1.76. The fraction of sp³-hybridized carbons (Fsp3) is 0.909. The van der Waals surface area contributed by atoms with Crippen LogP contribution in [0.15, 0.2) is 5.16 Å². The van der Waals surface area contributed by atoms with Crippen LogP contribution >= 0.6 is 11.8 Å². The summed E-state index contributed by atoms with van der Waals surface area (Å²) in [6, 6.07) is 1.07. The molecule has 1 saturated carbocycles. The molecule has 0 bridgehead atoms. The zero-order valence-electron chi connectivity index (χ0n) is 10.6. The molecule has 17 heavy (non-hydrogen) atoms. The third-order valence-electron chi connectivity index (χ3n) is 3.45. The maximum absolute atomic E-state index is 4.14. The summed E-state index contributed by atoms with van der Waals surface area (Å²) in [6.45, 7) is 2.20. The molecule has 1 aromatic rings. The highest BCUT2D eigenvalue weighted by atomic mass is 32.2. The molecule has 1 atom stereocenters. The van der Waals surface area contributed by atoms with E-state index in [0.717, 1.165) is 17.3 Å². The van der Waals surface area contributed by atoms with E-state index < -0.39 is 0 Å². The first kappa shape index (κ1) is 12.8. The van der Waals surface area contributed by atoms with Crippen molar-refractivity contribution in [2.24, 2.45) is 0 Å². The molecule has 6 heteroatoms. The summed E-state index contributed by atoms with van der Waals surface area (Å²) in [5.41, 5.74) is 0. The molecule has 1 unspecified atom stereocenters. The Bertz CT molecular complexity index is 330. The fourth-order valence-corrected chi connectivity index (χ4v) is 3.40. The van der Waals surface area contributed by atoms with E-state index >= 15 is 0 Å². The van der Waals surface area contributed by atoms with E-state index in [4.69, 9.17) is 0 Å². The lowest BCUT2D eigenvalue weighted by atomic mass is 10.3. The predicted octanol–water partition coefficient (Wildman–Crippen LogP) is 1.88. The number of rotatable bonds is 6. The first-order chi connectivity index (χ1) is 8.35. The van der Waals surface area contributed by atoms with Gasteiger partial charge in [-0.2, -0.15) is 0 Å². The van der Waals surface area contributed by atoms with Crippen molar-refractivity contribution in [2.75, 3.05) is 12.8 Å². The van der Waals surface area contributed by atoms with Gasteiger partial charge in [-0.1, -0.05) is 31.5 Å². The molecule has 1 heterocycles. The van der Waals surface area contributed by atoms with Crippen LogP contribution in [0, 0.1) is 0 Å². The number of thioether (sulfide) groups is 1. The van der Waals surface area contributed by atoms with Gasteiger partial charge in [0.15, 0.2) is 0 Å². The van der Waals surface area contributed by atoms with E-state index in [2.05, 4.69) is 27.8 Å². The minimum atomic E-state index is 0.530. The number of hydrogen-bond acceptors (Lipinski definition) is 5. The van der Waals surface area contributed by atoms with Gasteiger partial charge in [-0.15, -0.1) is 5.10 Å². The van der Waals surface area contributed by atoms with E-state index in [1.807, 2.05) is 11.7 Å². The SMILES string of the molecule is CCC(CSc1nnnn1C1CCCC1)NC. The molecule has 1 aliphatic carbocycles. The van der Waals surface area contributed by atoms with Crippen LogP contribution in [0.1, 0.15) is 45.1 Å². The zero-order chi connectivity index (χ0) is 12.1. The molecule has 1 aliphatic rings. The quantitative estimate of drug-likeness (QED) is 0.787. The van der Waals surface area contributed by atoms with Crippen molar-refractivity contribution in [1.29, 1.82) is 0 Å². The smallest absolute Gasteiger partial charge is 0.209 e. The number of aromatic nitrogens is 4. The number of hydrogen-bond donors (Lipinski definition) is 1. The van der Waals surface area contributed by atoms with Crippen LogP contribution in [-0.2, 0) is 0 Å². The second kappa shape index (κ2) is 6.35. The molecule has 0 spiro atoms. The molecule has 0 aromatic carbocycles. The Hall–Kier alpha value is -0.620. The largest absolute Gasteiger partial charge is 0.316 e. The molecule has 1 fully saturated rings. The summed E-state index contributed by atoms with van der Waals surface area (Å²) in [5, 5.41) is 16.4. The lowest BCUT2D eigenvalue weighted by Gasteiger charge is -2.14. The molecule has 1 N–H and O–H groups in total. The molecular formula is C11H21N5S. The molecule has 0 radical (unpaired) electrons. The standard InChI is InChI=1S/C11H21N5S/c1-3-9(12-2)8-17-11-13-14-15-16(11)10-6-4-5-7-10/h9-10,12H,3-8H2,1-2H3. The van der Waals surface area contributed by atoms with Crippen molar-refractivity contribution in [3.05, 3.63) is 0 Å². The molecule has 96 valence electrons. The van der Waals surface area contributed by atoms with Gasteiger partial charge in [0.05, 0.1) is 6.04 Å². The van der Waals surface area contributed by atoms with E-state index in [-0.39, 0.29) is 0 Å². The van der Waals surface area contributed by atoms with Gasteiger partial charge in [0.25, 0.3) is 0 Å². The van der Waals surface area contributed by atoms with Crippen LogP contribution in [0.2, 0.25) is 0 Å². The minimum absolute atomic E-state index is 0.530. The second-order valence-corrected chi connectivity index (χ2v) is 5.54. The van der Waals surface area contributed by atoms with Gasteiger partial charge in [0.1, 0.15) is 0 Å². The molecule has 0 aliphatic heterocycles. The summed E-state index contributed by atoms with van der Waals surface area (Å²) in [6.07, 6.45) is 6.20. The Morgan fingerprint density at radius 1 is 1.47 bits per heavy atom. The molecule has 2 rings (SSSR count). The third kappa shape index (κ3) is 3.19. The minimum Gasteiger partial charge on any atom is -0.316 e. The first-order valence-electron chi connectivity index (χ1n) is 6.43. The highest BCUT2D eigenvalue weighted by Crippen LogP contribution is 2.31. The van der Waals surface area contributed by atoms with Crippen molar-refractivity contribution in [2.45, 2.75) is 56.3 Å². The highest BCUT2D eigenvalue weighted by Gasteiger charge is 2.21. The van der Waals surface area contributed by atoms with Crippen molar-refractivity contribution in [3.63, 3.8) is 0 Å². The third-order valence-corrected chi connectivity index (χ3v) is 4.54. The van der Waals surface area contributed by atoms with Gasteiger partial charge in [-0.3, -0.25) is 0 Å². The Balaban J connectivity index is 1.94. The van der Waals surface area contributed by atoms with Crippen LogP contribution in [0.4, 0.5) is 0 Å². The van der Waals surface area contributed by atoms with E-state index in [0.29, 0.717) is 12.1 Å². The predicted molar refractivity (Wildman–Crippen MR) is 69.2 cm³/mol. The van der Waals surface area contributed by atoms with Crippen LogP contribution in [0.25, 0.3) is 0 Å². The van der Waals surface area contributed by atoms with Crippen molar-refractivity contribution >= 4 is 11.8 Å². The van der Waals surface area contributed by atoms with E-state index in [1.165, 1.54) is 25.7 Å². The molecular weight excluding hydrogens is 234 g/mol. The summed E-state index contributed by atoms with van der Waals surface area (Å²) in [5.74, 6) is 1.03. The average molecular weight is 255 g/mol. The van der Waals surface area contributed by atoms with Crippen molar-refractivity contribution in [3.8, 4) is 0 Å². The van der Waals surface area contributed by atoms with Crippen molar-refractivity contribution < 1.29 is 0 Å². The number of nitrogens with one attached hydrogen (secondary N) is 1. The van der Waals surface area contributed by atoms with Gasteiger partial charge in [0.2, 0.25) is 5.16 Å². The highest BCUT2D eigenvalue weighted by molar-refractivity contribution is 7.99. The summed E-state index contributed by atoms with van der Waals surface area (Å²) in [7, 11) is 2.01. The van der Waals surface area contributed by atoms with Gasteiger partial charge >= 0.3 is 0 Å². The van der Waals surface area contributed by atoms with Gasteiger partial charge in [-0.25, -0.2) is 4.68 Å². The Labute approximate surface area is 107 Å². The Morgan fingerprint density at radius 3 is 2.88 bits per heavy atom. The number of nitrogens with zero attached hydrogens (tertiary/aromatic N) is 4. The van der Waals surface area contributed by atoms with Crippen LogP contribution in [0.3, 0.4) is 0 Å². The zero-order valence-corrected chi connectivity index (χ0v) is 11.4. The maximum atomic E-state index is 4.14. The van der Waals surface area contributed by atoms with Gasteiger partial charge < -0.3 is 5.32 Å². The fourth-order valence-electron chi connectivity index (χ4n) is 2.24. The van der Waals surface area contributed by atoms with Crippen LogP contribution in [-0.4, -0.2) is 39.0 Å². The van der Waals surface area contributed by atoms with Crippen LogP contribution < -0.4 is 5.32 Å². The maximum Gasteiger partial charge on any atom is 0.209 e. The van der Waals surface area contributed by atoms with E-state index in [9.17, 15) is 0 Å². The molecule has 0 amide bonds. The Morgan fingerprint density at radius 2 is 2.24 bits per heavy atom. The number of tetrazole rings is 1. The monoisotopic (exact) mass is 255 g/mol. The van der Waals surface area contributed by atoms with Crippen LogP contribution in [0.5, 0.6) is 0 Å². The summed E-state index contributed by atoms with van der Waals surface area (Å²) in [4.78, 5) is 0. The topological polar surface area (TPSA) is 55.6 Å². The average Bonchev–Trinajstić information content (AvgIpc) is 3.00. The first-order valence-corrected chi connectivity index (χ1v) is 7.41. The van der Waals surface area contributed by atoms with Gasteiger partial charge in [-0.05, 0) is 36.7 Å². The lowest BCUT2D eigenvalue weighted by Crippen LogP contribution is -2.26. The molecule has 0 saturated heterocycles. The summed E-state index contributed by atoms with van der Waals surface area (Å²) < 4.78 is 2.03. The lowest BCUT2D eigenvalue weighted by molar-refractivity contribution is 0.422.